The molecule has 4 nitrogen and oxygen atoms in total. The van der Waals surface area contributed by atoms with Crippen LogP contribution in [0.4, 0.5) is 5.69 Å². The lowest BCUT2D eigenvalue weighted by molar-refractivity contribution is -0.119. The zero-order chi connectivity index (χ0) is 11.4. The van der Waals surface area contributed by atoms with Crippen LogP contribution in [0.3, 0.4) is 0 Å². The van der Waals surface area contributed by atoms with Gasteiger partial charge in [0.25, 0.3) is 0 Å². The second-order valence-corrected chi connectivity index (χ2v) is 3.39. The van der Waals surface area contributed by atoms with Gasteiger partial charge in [-0.05, 0) is 38.1 Å². The van der Waals surface area contributed by atoms with Crippen molar-refractivity contribution in [1.82, 2.24) is 0 Å². The normalized spacial score (nSPS) is 11.4. The van der Waals surface area contributed by atoms with E-state index in [2.05, 4.69) is 0 Å². The average Bonchev–Trinajstić information content (AvgIpc) is 2.21. The van der Waals surface area contributed by atoms with E-state index < -0.39 is 6.04 Å². The molecule has 3 N–H and O–H groups in total. The summed E-state index contributed by atoms with van der Waals surface area (Å²) in [7, 11) is 0. The summed E-state index contributed by atoms with van der Waals surface area (Å²) in [6.07, 6.45) is 0. The Morgan fingerprint density at radius 1 is 1.44 bits per heavy atom. The van der Waals surface area contributed by atoms with Crippen LogP contribution in [0.2, 0.25) is 0 Å². The number of rotatable bonds is 3. The molecular weight excluding hydrogens is 228 g/mol. The number of benzene rings is 1. The zero-order valence-corrected chi connectivity index (χ0v) is 10.2. The van der Waals surface area contributed by atoms with Crippen molar-refractivity contribution in [3.05, 3.63) is 24.3 Å². The van der Waals surface area contributed by atoms with Crippen LogP contribution in [0, 0.1) is 0 Å². The second-order valence-electron chi connectivity index (χ2n) is 3.39. The standard InChI is InChI=1S/C11H16N2O2.ClH/c1-3-13(11(15)8(2)12)9-4-6-10(14)7-5-9;/h4-8,14H,3,12H2,1-2H3;1H/t8-;/m0./s1. The molecule has 0 fully saturated rings. The molecule has 0 aliphatic heterocycles. The Kier molecular flexibility index (Phi) is 5.85. The van der Waals surface area contributed by atoms with E-state index in [0.29, 0.717) is 6.54 Å². The topological polar surface area (TPSA) is 66.6 Å². The number of nitrogens with zero attached hydrogens (tertiary/aromatic N) is 1. The lowest BCUT2D eigenvalue weighted by Crippen LogP contribution is -2.42. The molecule has 1 aromatic carbocycles. The molecule has 1 amide bonds. The average molecular weight is 245 g/mol. The number of carbonyl (C=O) groups is 1. The summed E-state index contributed by atoms with van der Waals surface area (Å²) in [5, 5.41) is 9.13. The maximum Gasteiger partial charge on any atom is 0.243 e. The fourth-order valence-electron chi connectivity index (χ4n) is 1.34. The Balaban J connectivity index is 0.00000225. The summed E-state index contributed by atoms with van der Waals surface area (Å²) in [6.45, 7) is 4.10. The molecule has 0 radical (unpaired) electrons. The second kappa shape index (κ2) is 6.35. The van der Waals surface area contributed by atoms with Crippen LogP contribution in [0.1, 0.15) is 13.8 Å². The quantitative estimate of drug-likeness (QED) is 0.847. The van der Waals surface area contributed by atoms with Crippen molar-refractivity contribution < 1.29 is 9.90 Å². The van der Waals surface area contributed by atoms with Crippen molar-refractivity contribution >= 4 is 24.0 Å². The molecule has 16 heavy (non-hydrogen) atoms. The van der Waals surface area contributed by atoms with Gasteiger partial charge in [0.1, 0.15) is 5.75 Å². The van der Waals surface area contributed by atoms with E-state index in [1.165, 1.54) is 0 Å². The fraction of sp³-hybridized carbons (Fsp3) is 0.364. The molecular formula is C11H17ClN2O2. The Morgan fingerprint density at radius 3 is 2.31 bits per heavy atom. The molecule has 0 aliphatic carbocycles. The van der Waals surface area contributed by atoms with Gasteiger partial charge in [0.2, 0.25) is 5.91 Å². The molecule has 0 aliphatic rings. The van der Waals surface area contributed by atoms with Crippen LogP contribution >= 0.6 is 12.4 Å². The number of hydrogen-bond acceptors (Lipinski definition) is 3. The maximum atomic E-state index is 11.7. The summed E-state index contributed by atoms with van der Waals surface area (Å²) in [5.41, 5.74) is 6.29. The Labute approximate surface area is 101 Å². The first-order chi connectivity index (χ1) is 7.06. The van der Waals surface area contributed by atoms with Crippen LogP contribution in [-0.4, -0.2) is 23.6 Å². The highest BCUT2D eigenvalue weighted by molar-refractivity contribution is 5.96. The first kappa shape index (κ1) is 14.7. The van der Waals surface area contributed by atoms with Gasteiger partial charge in [-0.25, -0.2) is 0 Å². The van der Waals surface area contributed by atoms with Gasteiger partial charge in [0, 0.05) is 12.2 Å². The smallest absolute Gasteiger partial charge is 0.243 e. The van der Waals surface area contributed by atoms with Crippen molar-refractivity contribution in [2.75, 3.05) is 11.4 Å². The summed E-state index contributed by atoms with van der Waals surface area (Å²) in [6, 6.07) is 5.97. The largest absolute Gasteiger partial charge is 0.508 e. The monoisotopic (exact) mass is 244 g/mol. The molecule has 0 aromatic heterocycles. The van der Waals surface area contributed by atoms with Gasteiger partial charge in [-0.15, -0.1) is 12.4 Å². The van der Waals surface area contributed by atoms with Crippen LogP contribution in [0.15, 0.2) is 24.3 Å². The minimum atomic E-state index is -0.515. The Hall–Kier alpha value is -1.26. The summed E-state index contributed by atoms with van der Waals surface area (Å²) >= 11 is 0. The number of carbonyl (C=O) groups excluding carboxylic acids is 1. The summed E-state index contributed by atoms with van der Waals surface area (Å²) < 4.78 is 0. The molecule has 1 atom stereocenters. The number of phenolic OH excluding ortho intramolecular Hbond substituents is 1. The van der Waals surface area contributed by atoms with Crippen LogP contribution in [0.5, 0.6) is 5.75 Å². The van der Waals surface area contributed by atoms with Crippen molar-refractivity contribution in [2.24, 2.45) is 5.73 Å². The Bertz CT molecular complexity index is 338. The van der Waals surface area contributed by atoms with Gasteiger partial charge in [-0.1, -0.05) is 0 Å². The van der Waals surface area contributed by atoms with Gasteiger partial charge < -0.3 is 15.7 Å². The molecule has 0 saturated heterocycles. The molecule has 0 spiro atoms. The number of phenols is 1. The zero-order valence-electron chi connectivity index (χ0n) is 9.38. The molecule has 1 rings (SSSR count). The minimum Gasteiger partial charge on any atom is -0.508 e. The number of nitrogens with two attached hydrogens (primary N) is 1. The predicted octanol–water partition coefficient (Wildman–Crippen LogP) is 1.51. The highest BCUT2D eigenvalue weighted by Gasteiger charge is 2.17. The van der Waals surface area contributed by atoms with Gasteiger partial charge in [0.15, 0.2) is 0 Å². The van der Waals surface area contributed by atoms with E-state index >= 15 is 0 Å². The number of aromatic hydroxyl groups is 1. The predicted molar refractivity (Wildman–Crippen MR) is 67.0 cm³/mol. The lowest BCUT2D eigenvalue weighted by atomic mass is 10.2. The van der Waals surface area contributed by atoms with Crippen molar-refractivity contribution in [2.45, 2.75) is 19.9 Å². The van der Waals surface area contributed by atoms with E-state index in [-0.39, 0.29) is 24.1 Å². The number of hydrogen-bond donors (Lipinski definition) is 2. The maximum absolute atomic E-state index is 11.7. The van der Waals surface area contributed by atoms with Gasteiger partial charge in [-0.3, -0.25) is 4.79 Å². The first-order valence-corrected chi connectivity index (χ1v) is 4.92. The number of halogens is 1. The van der Waals surface area contributed by atoms with E-state index in [1.54, 1.807) is 36.1 Å². The molecule has 5 heteroatoms. The van der Waals surface area contributed by atoms with Gasteiger partial charge in [0.05, 0.1) is 6.04 Å². The molecule has 0 saturated carbocycles. The lowest BCUT2D eigenvalue weighted by Gasteiger charge is -2.22. The van der Waals surface area contributed by atoms with Crippen molar-refractivity contribution in [1.29, 1.82) is 0 Å². The van der Waals surface area contributed by atoms with Gasteiger partial charge in [-0.2, -0.15) is 0 Å². The SMILES string of the molecule is CCN(C(=O)[C@H](C)N)c1ccc(O)cc1.Cl. The third-order valence-electron chi connectivity index (χ3n) is 2.13. The van der Waals surface area contributed by atoms with Crippen LogP contribution in [-0.2, 0) is 4.79 Å². The van der Waals surface area contributed by atoms with Crippen molar-refractivity contribution in [3.8, 4) is 5.75 Å². The van der Waals surface area contributed by atoms with E-state index in [9.17, 15) is 4.79 Å². The van der Waals surface area contributed by atoms with Gasteiger partial charge >= 0.3 is 0 Å². The molecule has 0 heterocycles. The third kappa shape index (κ3) is 3.40. The Morgan fingerprint density at radius 2 is 1.94 bits per heavy atom. The fourth-order valence-corrected chi connectivity index (χ4v) is 1.34. The summed E-state index contributed by atoms with van der Waals surface area (Å²) in [4.78, 5) is 13.3. The number of likely N-dealkylation sites (N-methyl/N-ethyl adjacent to an activating group) is 1. The van der Waals surface area contributed by atoms with E-state index in [0.717, 1.165) is 5.69 Å². The summed E-state index contributed by atoms with van der Waals surface area (Å²) in [5.74, 6) is 0.0613. The highest BCUT2D eigenvalue weighted by Crippen LogP contribution is 2.18. The van der Waals surface area contributed by atoms with Crippen molar-refractivity contribution in [3.63, 3.8) is 0 Å². The van der Waals surface area contributed by atoms with Crippen LogP contribution < -0.4 is 10.6 Å². The highest BCUT2D eigenvalue weighted by atomic mass is 35.5. The number of anilines is 1. The van der Waals surface area contributed by atoms with E-state index in [4.69, 9.17) is 10.8 Å². The molecule has 0 bridgehead atoms. The number of amides is 1. The first-order valence-electron chi connectivity index (χ1n) is 4.92. The van der Waals surface area contributed by atoms with E-state index in [1.807, 2.05) is 6.92 Å². The molecule has 90 valence electrons. The minimum absolute atomic E-state index is 0. The third-order valence-corrected chi connectivity index (χ3v) is 2.13. The molecule has 1 aromatic rings. The molecule has 0 unspecified atom stereocenters. The van der Waals surface area contributed by atoms with Crippen LogP contribution in [0.25, 0.3) is 0 Å².